The molecule has 0 radical (unpaired) electrons. The van der Waals surface area contributed by atoms with Crippen LogP contribution in [0.5, 0.6) is 0 Å². The van der Waals surface area contributed by atoms with Crippen molar-refractivity contribution in [1.82, 2.24) is 9.47 Å². The third kappa shape index (κ3) is 4.28. The number of benzene rings is 2. The van der Waals surface area contributed by atoms with Crippen LogP contribution in [0.3, 0.4) is 0 Å². The molecule has 1 N–H and O–H groups in total. The fraction of sp³-hybridized carbons (Fsp3) is 0.320. The van der Waals surface area contributed by atoms with E-state index in [0.717, 1.165) is 29.7 Å². The van der Waals surface area contributed by atoms with Crippen molar-refractivity contribution in [2.75, 3.05) is 13.1 Å². The molecule has 1 aliphatic heterocycles. The summed E-state index contributed by atoms with van der Waals surface area (Å²) in [7, 11) is 1.95. The van der Waals surface area contributed by atoms with Crippen LogP contribution in [-0.2, 0) is 13.5 Å². The number of likely N-dealkylation sites (tertiary alicyclic amines) is 1. The summed E-state index contributed by atoms with van der Waals surface area (Å²) in [5.74, 6) is 0.318. The van der Waals surface area contributed by atoms with E-state index >= 15 is 0 Å². The van der Waals surface area contributed by atoms with Crippen molar-refractivity contribution < 1.29 is 9.90 Å². The van der Waals surface area contributed by atoms with E-state index in [2.05, 4.69) is 24.3 Å². The van der Waals surface area contributed by atoms with Gasteiger partial charge in [0.05, 0.1) is 6.10 Å². The predicted octanol–water partition coefficient (Wildman–Crippen LogP) is 4.15. The molecule has 1 amide bonds. The SMILES string of the molecule is Cn1c(C(=O)N2CCC([C@@H](O)Cc3ccccc3)CC2)ccc1-c1ccccc1. The molecule has 29 heavy (non-hydrogen) atoms. The van der Waals surface area contributed by atoms with Crippen molar-refractivity contribution in [3.63, 3.8) is 0 Å². The minimum absolute atomic E-state index is 0.0747. The zero-order valence-electron chi connectivity index (χ0n) is 16.9. The summed E-state index contributed by atoms with van der Waals surface area (Å²) in [6.07, 6.45) is 2.01. The highest BCUT2D eigenvalue weighted by Gasteiger charge is 2.29. The van der Waals surface area contributed by atoms with Crippen LogP contribution in [0.25, 0.3) is 11.3 Å². The average molecular weight is 389 g/mol. The zero-order valence-corrected chi connectivity index (χ0v) is 16.9. The smallest absolute Gasteiger partial charge is 0.270 e. The molecule has 2 aromatic carbocycles. The third-order valence-electron chi connectivity index (χ3n) is 6.07. The Bertz CT molecular complexity index is 941. The molecular weight excluding hydrogens is 360 g/mol. The van der Waals surface area contributed by atoms with Crippen LogP contribution in [0, 0.1) is 5.92 Å². The van der Waals surface area contributed by atoms with Crippen molar-refractivity contribution in [3.05, 3.63) is 84.1 Å². The van der Waals surface area contributed by atoms with E-state index in [9.17, 15) is 9.90 Å². The number of aliphatic hydroxyl groups is 1. The molecule has 4 nitrogen and oxygen atoms in total. The minimum Gasteiger partial charge on any atom is -0.392 e. The molecule has 2 heterocycles. The molecule has 1 aliphatic rings. The van der Waals surface area contributed by atoms with Crippen LogP contribution < -0.4 is 0 Å². The number of hydrogen-bond acceptors (Lipinski definition) is 2. The van der Waals surface area contributed by atoms with Crippen LogP contribution >= 0.6 is 0 Å². The minimum atomic E-state index is -0.352. The summed E-state index contributed by atoms with van der Waals surface area (Å²) in [6, 6.07) is 24.2. The molecule has 150 valence electrons. The summed E-state index contributed by atoms with van der Waals surface area (Å²) in [5, 5.41) is 10.6. The number of rotatable bonds is 5. The molecule has 1 saturated heterocycles. The third-order valence-corrected chi connectivity index (χ3v) is 6.07. The number of hydrogen-bond donors (Lipinski definition) is 1. The van der Waals surface area contributed by atoms with Gasteiger partial charge >= 0.3 is 0 Å². The van der Waals surface area contributed by atoms with Gasteiger partial charge in [-0.15, -0.1) is 0 Å². The van der Waals surface area contributed by atoms with Crippen molar-refractivity contribution in [3.8, 4) is 11.3 Å². The van der Waals surface area contributed by atoms with Gasteiger partial charge in [-0.05, 0) is 48.4 Å². The molecule has 1 aromatic heterocycles. The van der Waals surface area contributed by atoms with Crippen LogP contribution in [0.2, 0.25) is 0 Å². The van der Waals surface area contributed by atoms with E-state index in [-0.39, 0.29) is 17.9 Å². The van der Waals surface area contributed by atoms with Gasteiger partial charge in [-0.2, -0.15) is 0 Å². The number of aliphatic hydroxyl groups excluding tert-OH is 1. The Kier molecular flexibility index (Phi) is 5.81. The highest BCUT2D eigenvalue weighted by molar-refractivity contribution is 5.94. The number of nitrogens with zero attached hydrogens (tertiary/aromatic N) is 2. The summed E-state index contributed by atoms with van der Waals surface area (Å²) in [5.41, 5.74) is 4.03. The number of amides is 1. The van der Waals surface area contributed by atoms with Crippen molar-refractivity contribution in [1.29, 1.82) is 0 Å². The van der Waals surface area contributed by atoms with Crippen LogP contribution in [-0.4, -0.2) is 39.7 Å². The van der Waals surface area contributed by atoms with Crippen molar-refractivity contribution in [2.24, 2.45) is 13.0 Å². The van der Waals surface area contributed by atoms with Gasteiger partial charge in [0.15, 0.2) is 0 Å². The Morgan fingerprint density at radius 3 is 2.24 bits per heavy atom. The van der Waals surface area contributed by atoms with Crippen LogP contribution in [0.15, 0.2) is 72.8 Å². The van der Waals surface area contributed by atoms with E-state index < -0.39 is 0 Å². The van der Waals surface area contributed by atoms with Gasteiger partial charge in [0.25, 0.3) is 5.91 Å². The molecule has 1 atom stereocenters. The maximum Gasteiger partial charge on any atom is 0.270 e. The average Bonchev–Trinajstić information content (AvgIpc) is 3.16. The zero-order chi connectivity index (χ0) is 20.2. The Balaban J connectivity index is 1.38. The lowest BCUT2D eigenvalue weighted by Crippen LogP contribution is -2.42. The Morgan fingerprint density at radius 1 is 0.966 bits per heavy atom. The van der Waals surface area contributed by atoms with Gasteiger partial charge in [-0.1, -0.05) is 60.7 Å². The molecule has 0 aliphatic carbocycles. The highest BCUT2D eigenvalue weighted by Crippen LogP contribution is 2.26. The summed E-state index contributed by atoms with van der Waals surface area (Å²) < 4.78 is 1.98. The second kappa shape index (κ2) is 8.66. The fourth-order valence-electron chi connectivity index (χ4n) is 4.30. The summed E-state index contributed by atoms with van der Waals surface area (Å²) >= 11 is 0. The van der Waals surface area contributed by atoms with Crippen molar-refractivity contribution >= 4 is 5.91 Å². The standard InChI is InChI=1S/C25H28N2O2/c1-26-22(20-10-6-3-7-11-20)12-13-23(26)25(29)27-16-14-21(15-17-27)24(28)18-19-8-4-2-5-9-19/h2-13,21,24,28H,14-18H2,1H3/t24-/m0/s1. The number of carbonyl (C=O) groups excluding carboxylic acids is 1. The molecule has 4 heteroatoms. The normalized spacial score (nSPS) is 16.0. The van der Waals surface area contributed by atoms with Gasteiger partial charge in [0.2, 0.25) is 0 Å². The molecule has 4 rings (SSSR count). The lowest BCUT2D eigenvalue weighted by atomic mass is 9.88. The van der Waals surface area contributed by atoms with E-state index in [1.807, 2.05) is 65.0 Å². The van der Waals surface area contributed by atoms with Crippen LogP contribution in [0.1, 0.15) is 28.9 Å². The molecule has 3 aromatic rings. The molecule has 1 fully saturated rings. The van der Waals surface area contributed by atoms with E-state index in [0.29, 0.717) is 25.2 Å². The maximum atomic E-state index is 13.1. The van der Waals surface area contributed by atoms with Crippen LogP contribution in [0.4, 0.5) is 0 Å². The van der Waals surface area contributed by atoms with Gasteiger partial charge in [-0.3, -0.25) is 4.79 Å². The number of carbonyl (C=O) groups is 1. The number of piperidine rings is 1. The lowest BCUT2D eigenvalue weighted by Gasteiger charge is -2.34. The summed E-state index contributed by atoms with van der Waals surface area (Å²) in [4.78, 5) is 15.0. The Morgan fingerprint density at radius 2 is 1.59 bits per heavy atom. The van der Waals surface area contributed by atoms with Crippen molar-refractivity contribution in [2.45, 2.75) is 25.4 Å². The first-order chi connectivity index (χ1) is 14.1. The molecule has 0 bridgehead atoms. The molecule has 0 saturated carbocycles. The fourth-order valence-corrected chi connectivity index (χ4v) is 4.30. The Hall–Kier alpha value is -2.85. The van der Waals surface area contributed by atoms with Gasteiger partial charge in [0.1, 0.15) is 5.69 Å². The topological polar surface area (TPSA) is 45.5 Å². The van der Waals surface area contributed by atoms with Gasteiger partial charge in [0, 0.05) is 25.8 Å². The second-order valence-corrected chi connectivity index (χ2v) is 7.92. The highest BCUT2D eigenvalue weighted by atomic mass is 16.3. The van der Waals surface area contributed by atoms with E-state index in [1.165, 1.54) is 0 Å². The monoisotopic (exact) mass is 388 g/mol. The molecule has 0 spiro atoms. The van der Waals surface area contributed by atoms with E-state index in [4.69, 9.17) is 0 Å². The van der Waals surface area contributed by atoms with E-state index in [1.54, 1.807) is 0 Å². The first-order valence-corrected chi connectivity index (χ1v) is 10.4. The first kappa shape index (κ1) is 19.5. The van der Waals surface area contributed by atoms with Gasteiger partial charge in [-0.25, -0.2) is 0 Å². The lowest BCUT2D eigenvalue weighted by molar-refractivity contribution is 0.0461. The Labute approximate surface area is 172 Å². The number of aromatic nitrogens is 1. The maximum absolute atomic E-state index is 13.1. The first-order valence-electron chi connectivity index (χ1n) is 10.4. The van der Waals surface area contributed by atoms with Gasteiger partial charge < -0.3 is 14.6 Å². The largest absolute Gasteiger partial charge is 0.392 e. The molecular formula is C25H28N2O2. The second-order valence-electron chi connectivity index (χ2n) is 7.92. The quantitative estimate of drug-likeness (QED) is 0.714. The molecule has 0 unspecified atom stereocenters. The summed E-state index contributed by atoms with van der Waals surface area (Å²) in [6.45, 7) is 1.39. The predicted molar refractivity (Wildman–Crippen MR) is 116 cm³/mol.